The fourth-order valence-corrected chi connectivity index (χ4v) is 4.18. The molecule has 4 rings (SSSR count). The van der Waals surface area contributed by atoms with Gasteiger partial charge in [0.2, 0.25) is 0 Å². The van der Waals surface area contributed by atoms with Gasteiger partial charge in [-0.05, 0) is 24.0 Å². The molecule has 0 aliphatic carbocycles. The lowest BCUT2D eigenvalue weighted by Gasteiger charge is -2.44. The third-order valence-corrected chi connectivity index (χ3v) is 6.09. The Hall–Kier alpha value is -1.71. The summed E-state index contributed by atoms with van der Waals surface area (Å²) in [5.41, 5.74) is 6.64. The van der Waals surface area contributed by atoms with Gasteiger partial charge in [0.15, 0.2) is 0 Å². The van der Waals surface area contributed by atoms with E-state index in [1.807, 2.05) is 23.1 Å². The Kier molecular flexibility index (Phi) is 8.47. The molecular weight excluding hydrogens is 441 g/mol. The third-order valence-electron chi connectivity index (χ3n) is 6.09. The number of amides is 1. The van der Waals surface area contributed by atoms with Gasteiger partial charge in [-0.15, -0.1) is 24.8 Å². The van der Waals surface area contributed by atoms with Crippen LogP contribution in [0.5, 0.6) is 0 Å². The quantitative estimate of drug-likeness (QED) is 0.703. The highest BCUT2D eigenvalue weighted by Crippen LogP contribution is 2.28. The van der Waals surface area contributed by atoms with E-state index in [0.717, 1.165) is 6.42 Å². The monoisotopic (exact) mass is 471 g/mol. The molecule has 3 heterocycles. The maximum Gasteiger partial charge on any atom is 0.258 e. The molecule has 2 aliphatic heterocycles. The average Bonchev–Trinajstić information content (AvgIpc) is 2.70. The number of likely N-dealkylation sites (tertiary alicyclic amines) is 1. The molecule has 3 N–H and O–H groups in total. The Morgan fingerprint density at radius 1 is 1.29 bits per heavy atom. The minimum absolute atomic E-state index is 0. The summed E-state index contributed by atoms with van der Waals surface area (Å²) < 4.78 is 5.79. The number of rotatable bonds is 3. The van der Waals surface area contributed by atoms with Gasteiger partial charge in [-0.3, -0.25) is 14.5 Å². The Morgan fingerprint density at radius 2 is 2.03 bits per heavy atom. The van der Waals surface area contributed by atoms with Crippen molar-refractivity contribution in [2.75, 3.05) is 32.8 Å². The summed E-state index contributed by atoms with van der Waals surface area (Å²) in [4.78, 5) is 36.8. The summed E-state index contributed by atoms with van der Waals surface area (Å²) in [7, 11) is 0. The van der Waals surface area contributed by atoms with Gasteiger partial charge in [-0.1, -0.05) is 26.0 Å². The molecule has 2 fully saturated rings. The maximum absolute atomic E-state index is 13.0. The van der Waals surface area contributed by atoms with Crippen LogP contribution in [0.2, 0.25) is 0 Å². The van der Waals surface area contributed by atoms with Crippen molar-refractivity contribution in [3.63, 3.8) is 0 Å². The predicted molar refractivity (Wildman–Crippen MR) is 125 cm³/mol. The number of halogens is 2. The van der Waals surface area contributed by atoms with Gasteiger partial charge >= 0.3 is 0 Å². The molecule has 0 spiro atoms. The first-order valence-corrected chi connectivity index (χ1v) is 10.2. The molecule has 10 heteroatoms. The second-order valence-corrected chi connectivity index (χ2v) is 8.77. The number of H-pyrrole nitrogens is 1. The van der Waals surface area contributed by atoms with E-state index in [2.05, 4.69) is 28.7 Å². The Labute approximate surface area is 194 Å². The lowest BCUT2D eigenvalue weighted by Crippen LogP contribution is -2.58. The molecular formula is C21H31Cl2N5O3. The van der Waals surface area contributed by atoms with Crippen LogP contribution in [0, 0.1) is 5.41 Å². The van der Waals surface area contributed by atoms with Crippen LogP contribution in [0.4, 0.5) is 0 Å². The van der Waals surface area contributed by atoms with Gasteiger partial charge in [0.25, 0.3) is 11.5 Å². The second kappa shape index (κ2) is 10.3. The zero-order valence-corrected chi connectivity index (χ0v) is 19.5. The SMILES string of the molecule is CC1(C)CN(C(=O)C2CN(Cc3nc4ccccc4c(=O)[nH]3)CCO2)CCC1N.Cl.Cl. The first-order valence-electron chi connectivity index (χ1n) is 10.2. The van der Waals surface area contributed by atoms with E-state index in [4.69, 9.17) is 10.5 Å². The lowest BCUT2D eigenvalue weighted by molar-refractivity contribution is -0.153. The maximum atomic E-state index is 13.0. The number of piperidine rings is 1. The molecule has 1 aromatic carbocycles. The van der Waals surface area contributed by atoms with Crippen molar-refractivity contribution < 1.29 is 9.53 Å². The number of hydrogen-bond donors (Lipinski definition) is 2. The largest absolute Gasteiger partial charge is 0.366 e. The highest BCUT2D eigenvalue weighted by Gasteiger charge is 2.38. The summed E-state index contributed by atoms with van der Waals surface area (Å²) >= 11 is 0. The number of fused-ring (bicyclic) bond motifs is 1. The van der Waals surface area contributed by atoms with Crippen LogP contribution >= 0.6 is 24.8 Å². The van der Waals surface area contributed by atoms with Crippen molar-refractivity contribution in [2.24, 2.45) is 11.1 Å². The van der Waals surface area contributed by atoms with Crippen LogP contribution in [0.3, 0.4) is 0 Å². The fraction of sp³-hybridized carbons (Fsp3) is 0.571. The van der Waals surface area contributed by atoms with Crippen LogP contribution in [-0.4, -0.2) is 70.6 Å². The third kappa shape index (κ3) is 5.56. The molecule has 8 nitrogen and oxygen atoms in total. The van der Waals surface area contributed by atoms with Gasteiger partial charge in [-0.2, -0.15) is 0 Å². The molecule has 2 unspecified atom stereocenters. The average molecular weight is 472 g/mol. The molecule has 1 aromatic heterocycles. The van der Waals surface area contributed by atoms with E-state index < -0.39 is 6.10 Å². The van der Waals surface area contributed by atoms with Gasteiger partial charge < -0.3 is 20.4 Å². The molecule has 1 amide bonds. The standard InChI is InChI=1S/C21H29N5O3.2ClH/c1-21(2)13-26(8-7-17(21)22)20(28)16-11-25(9-10-29-16)12-18-23-15-6-4-3-5-14(15)19(27)24-18;;/h3-6,16-17H,7-13,22H2,1-2H3,(H,23,24,27);2*1H. The number of nitrogens with two attached hydrogens (primary N) is 1. The predicted octanol–water partition coefficient (Wildman–Crippen LogP) is 1.55. The van der Waals surface area contributed by atoms with Gasteiger partial charge in [0.05, 0.1) is 24.1 Å². The molecule has 0 bridgehead atoms. The zero-order valence-electron chi connectivity index (χ0n) is 17.9. The van der Waals surface area contributed by atoms with Crippen LogP contribution in [0.15, 0.2) is 29.1 Å². The number of para-hydroxylation sites is 1. The van der Waals surface area contributed by atoms with E-state index in [-0.39, 0.29) is 47.7 Å². The number of ether oxygens (including phenoxy) is 1. The molecule has 2 aliphatic rings. The smallest absolute Gasteiger partial charge is 0.258 e. The van der Waals surface area contributed by atoms with E-state index in [1.54, 1.807) is 6.07 Å². The number of nitrogens with zero attached hydrogens (tertiary/aromatic N) is 3. The van der Waals surface area contributed by atoms with Crippen LogP contribution < -0.4 is 11.3 Å². The number of carbonyl (C=O) groups is 1. The molecule has 0 radical (unpaired) electrons. The molecule has 31 heavy (non-hydrogen) atoms. The van der Waals surface area contributed by atoms with Crippen molar-refractivity contribution in [1.82, 2.24) is 19.8 Å². The molecule has 2 saturated heterocycles. The van der Waals surface area contributed by atoms with Crippen molar-refractivity contribution in [3.8, 4) is 0 Å². The summed E-state index contributed by atoms with van der Waals surface area (Å²) in [5.74, 6) is 0.626. The fourth-order valence-electron chi connectivity index (χ4n) is 4.18. The van der Waals surface area contributed by atoms with Gasteiger partial charge in [0.1, 0.15) is 11.9 Å². The topological polar surface area (TPSA) is 105 Å². The van der Waals surface area contributed by atoms with Crippen molar-refractivity contribution >= 4 is 41.6 Å². The second-order valence-electron chi connectivity index (χ2n) is 8.77. The number of morpholine rings is 1. The number of nitrogens with one attached hydrogen (secondary N) is 1. The molecule has 2 aromatic rings. The first-order chi connectivity index (χ1) is 13.8. The molecule has 2 atom stereocenters. The molecule has 0 saturated carbocycles. The van der Waals surface area contributed by atoms with Gasteiger partial charge in [0, 0.05) is 32.2 Å². The van der Waals surface area contributed by atoms with Crippen LogP contribution in [-0.2, 0) is 16.1 Å². The van der Waals surface area contributed by atoms with Crippen LogP contribution in [0.1, 0.15) is 26.1 Å². The van der Waals surface area contributed by atoms with E-state index in [9.17, 15) is 9.59 Å². The Morgan fingerprint density at radius 3 is 2.77 bits per heavy atom. The van der Waals surface area contributed by atoms with E-state index >= 15 is 0 Å². The first kappa shape index (κ1) is 25.5. The van der Waals surface area contributed by atoms with Crippen LogP contribution in [0.25, 0.3) is 10.9 Å². The zero-order chi connectivity index (χ0) is 20.6. The van der Waals surface area contributed by atoms with E-state index in [0.29, 0.717) is 56.1 Å². The number of benzene rings is 1. The summed E-state index contributed by atoms with van der Waals surface area (Å²) in [5, 5.41) is 0.581. The van der Waals surface area contributed by atoms with Gasteiger partial charge in [-0.25, -0.2) is 4.98 Å². The lowest BCUT2D eigenvalue weighted by atomic mass is 9.79. The number of hydrogen-bond acceptors (Lipinski definition) is 6. The van der Waals surface area contributed by atoms with E-state index in [1.165, 1.54) is 0 Å². The minimum Gasteiger partial charge on any atom is -0.366 e. The van der Waals surface area contributed by atoms with Crippen molar-refractivity contribution in [2.45, 2.75) is 39.0 Å². The summed E-state index contributed by atoms with van der Waals surface area (Å²) in [6, 6.07) is 7.40. The Bertz CT molecular complexity index is 967. The highest BCUT2D eigenvalue weighted by atomic mass is 35.5. The van der Waals surface area contributed by atoms with Crippen molar-refractivity contribution in [3.05, 3.63) is 40.4 Å². The Balaban J connectivity index is 0.00000171. The normalized spacial score (nSPS) is 23.6. The molecule has 172 valence electrons. The summed E-state index contributed by atoms with van der Waals surface area (Å²) in [6.45, 7) is 7.65. The highest BCUT2D eigenvalue weighted by molar-refractivity contribution is 5.85. The summed E-state index contributed by atoms with van der Waals surface area (Å²) in [6.07, 6.45) is 0.304. The van der Waals surface area contributed by atoms with Crippen molar-refractivity contribution in [1.29, 1.82) is 0 Å². The number of aromatic amines is 1. The number of aromatic nitrogens is 2. The minimum atomic E-state index is -0.499. The number of carbonyl (C=O) groups excluding carboxylic acids is 1.